The third-order valence-corrected chi connectivity index (χ3v) is 4.13. The average molecular weight is 346 g/mol. The van der Waals surface area contributed by atoms with Crippen molar-refractivity contribution in [3.63, 3.8) is 0 Å². The van der Waals surface area contributed by atoms with Gasteiger partial charge in [0.05, 0.1) is 0 Å². The van der Waals surface area contributed by atoms with Gasteiger partial charge in [-0.15, -0.1) is 0 Å². The number of rotatable bonds is 5. The highest BCUT2D eigenvalue weighted by molar-refractivity contribution is 8.02. The molecule has 2 rings (SSSR count). The SMILES string of the molecule is CC(C)(C)OC(=O)[C@@](F)(Sc1ccccc1)C(=O)c1ccccc1. The molecule has 24 heavy (non-hydrogen) atoms. The summed E-state index contributed by atoms with van der Waals surface area (Å²) in [7, 11) is 0. The van der Waals surface area contributed by atoms with Crippen LogP contribution in [0.5, 0.6) is 0 Å². The van der Waals surface area contributed by atoms with Crippen molar-refractivity contribution in [3.8, 4) is 0 Å². The molecule has 0 fully saturated rings. The van der Waals surface area contributed by atoms with Gasteiger partial charge in [-0.2, -0.15) is 0 Å². The third-order valence-electron chi connectivity index (χ3n) is 2.99. The van der Waals surface area contributed by atoms with E-state index in [1.165, 1.54) is 12.1 Å². The monoisotopic (exact) mass is 346 g/mol. The first kappa shape index (κ1) is 18.2. The number of hydrogen-bond acceptors (Lipinski definition) is 4. The highest BCUT2D eigenvalue weighted by atomic mass is 32.2. The number of benzene rings is 2. The molecule has 5 heteroatoms. The first-order valence-corrected chi connectivity index (χ1v) is 8.30. The molecule has 1 atom stereocenters. The Hall–Kier alpha value is -2.14. The zero-order valence-electron chi connectivity index (χ0n) is 13.8. The molecule has 2 aromatic rings. The number of esters is 1. The van der Waals surface area contributed by atoms with Crippen molar-refractivity contribution in [2.45, 2.75) is 36.3 Å². The van der Waals surface area contributed by atoms with Crippen LogP contribution < -0.4 is 0 Å². The van der Waals surface area contributed by atoms with E-state index in [9.17, 15) is 9.59 Å². The van der Waals surface area contributed by atoms with Crippen molar-refractivity contribution < 1.29 is 18.7 Å². The van der Waals surface area contributed by atoms with Crippen LogP contribution in [0, 0.1) is 0 Å². The minimum atomic E-state index is -2.85. The van der Waals surface area contributed by atoms with Crippen molar-refractivity contribution in [3.05, 3.63) is 66.2 Å². The van der Waals surface area contributed by atoms with Gasteiger partial charge < -0.3 is 4.74 Å². The van der Waals surface area contributed by atoms with E-state index in [4.69, 9.17) is 4.74 Å². The molecule has 0 aliphatic rings. The molecule has 2 aromatic carbocycles. The Bertz CT molecular complexity index is 710. The lowest BCUT2D eigenvalue weighted by atomic mass is 10.1. The minimum absolute atomic E-state index is 0.120. The fourth-order valence-electron chi connectivity index (χ4n) is 1.95. The van der Waals surface area contributed by atoms with Gasteiger partial charge in [0.1, 0.15) is 5.60 Å². The number of carbonyl (C=O) groups excluding carboxylic acids is 2. The van der Waals surface area contributed by atoms with Crippen LogP contribution in [0.25, 0.3) is 0 Å². The summed E-state index contributed by atoms with van der Waals surface area (Å²) in [5.74, 6) is -2.12. The van der Waals surface area contributed by atoms with Gasteiger partial charge in [0.25, 0.3) is 0 Å². The predicted molar refractivity (Wildman–Crippen MR) is 92.8 cm³/mol. The molecule has 0 heterocycles. The molecule has 0 bridgehead atoms. The summed E-state index contributed by atoms with van der Waals surface area (Å²) in [5, 5.41) is -2.85. The zero-order valence-corrected chi connectivity index (χ0v) is 14.6. The second-order valence-electron chi connectivity index (χ2n) is 6.21. The molecule has 3 nitrogen and oxygen atoms in total. The summed E-state index contributed by atoms with van der Waals surface area (Å²) in [6.45, 7) is 4.89. The summed E-state index contributed by atoms with van der Waals surface area (Å²) in [5.41, 5.74) is -0.780. The van der Waals surface area contributed by atoms with Crippen molar-refractivity contribution in [1.29, 1.82) is 0 Å². The molecule has 0 spiro atoms. The summed E-state index contributed by atoms with van der Waals surface area (Å²) in [4.78, 5) is 25.6. The van der Waals surface area contributed by atoms with Crippen LogP contribution >= 0.6 is 11.8 Å². The van der Waals surface area contributed by atoms with Crippen molar-refractivity contribution in [2.24, 2.45) is 0 Å². The van der Waals surface area contributed by atoms with Gasteiger partial charge in [-0.3, -0.25) is 4.79 Å². The number of ketones is 1. The van der Waals surface area contributed by atoms with E-state index >= 15 is 4.39 Å². The van der Waals surface area contributed by atoms with Gasteiger partial charge in [-0.25, -0.2) is 9.18 Å². The van der Waals surface area contributed by atoms with Crippen LogP contribution in [0.15, 0.2) is 65.6 Å². The highest BCUT2D eigenvalue weighted by Crippen LogP contribution is 2.39. The molecule has 0 aliphatic heterocycles. The van der Waals surface area contributed by atoms with Crippen molar-refractivity contribution in [1.82, 2.24) is 0 Å². The zero-order chi connectivity index (χ0) is 17.8. The molecule has 0 aliphatic carbocycles. The molecule has 0 aromatic heterocycles. The summed E-state index contributed by atoms with van der Waals surface area (Å²) >= 11 is 0.552. The number of alkyl halides is 1. The Morgan fingerprint density at radius 2 is 1.42 bits per heavy atom. The number of ether oxygens (including phenoxy) is 1. The second-order valence-corrected chi connectivity index (χ2v) is 7.45. The maximum Gasteiger partial charge on any atom is 0.363 e. The maximum atomic E-state index is 15.6. The molecule has 126 valence electrons. The van der Waals surface area contributed by atoms with Crippen LogP contribution in [-0.4, -0.2) is 22.4 Å². The Morgan fingerprint density at radius 1 is 0.917 bits per heavy atom. The standard InChI is InChI=1S/C19H19FO3S/c1-18(2,3)23-17(22)19(20,24-15-12-8-5-9-13-15)16(21)14-10-6-4-7-11-14/h4-13H,1-3H3/t19-/m0/s1. The second kappa shape index (κ2) is 7.18. The predicted octanol–water partition coefficient (Wildman–Crippen LogP) is 4.67. The van der Waals surface area contributed by atoms with E-state index in [0.717, 1.165) is 0 Å². The van der Waals surface area contributed by atoms with Gasteiger partial charge in [-0.1, -0.05) is 60.3 Å². The van der Waals surface area contributed by atoms with E-state index < -0.39 is 22.4 Å². The highest BCUT2D eigenvalue weighted by Gasteiger charge is 2.51. The Morgan fingerprint density at radius 3 is 1.92 bits per heavy atom. The number of carbonyl (C=O) groups is 2. The van der Waals surface area contributed by atoms with E-state index in [-0.39, 0.29) is 5.56 Å². The van der Waals surface area contributed by atoms with Gasteiger partial charge in [0, 0.05) is 10.5 Å². The lowest BCUT2D eigenvalue weighted by molar-refractivity contribution is -0.160. The average Bonchev–Trinajstić information content (AvgIpc) is 2.54. The fraction of sp³-hybridized carbons (Fsp3) is 0.263. The van der Waals surface area contributed by atoms with Crippen LogP contribution in [0.4, 0.5) is 4.39 Å². The first-order valence-electron chi connectivity index (χ1n) is 7.49. The molecular formula is C19H19FO3S. The van der Waals surface area contributed by atoms with E-state index in [0.29, 0.717) is 16.7 Å². The molecule has 0 N–H and O–H groups in total. The van der Waals surface area contributed by atoms with Gasteiger partial charge >= 0.3 is 11.0 Å². The van der Waals surface area contributed by atoms with Crippen LogP contribution in [-0.2, 0) is 9.53 Å². The van der Waals surface area contributed by atoms with Gasteiger partial charge in [0.2, 0.25) is 5.78 Å². The van der Waals surface area contributed by atoms with E-state index in [1.807, 2.05) is 0 Å². The number of Topliss-reactive ketones (excluding diaryl/α,β-unsaturated/α-hetero) is 1. The Balaban J connectivity index is 2.40. The molecule has 0 unspecified atom stereocenters. The van der Waals surface area contributed by atoms with Crippen LogP contribution in [0.1, 0.15) is 31.1 Å². The maximum absolute atomic E-state index is 15.6. The van der Waals surface area contributed by atoms with E-state index in [1.54, 1.807) is 69.3 Å². The van der Waals surface area contributed by atoms with Crippen molar-refractivity contribution >= 4 is 23.5 Å². The smallest absolute Gasteiger partial charge is 0.363 e. The largest absolute Gasteiger partial charge is 0.457 e. The fourth-order valence-corrected chi connectivity index (χ4v) is 2.90. The summed E-state index contributed by atoms with van der Waals surface area (Å²) in [6, 6.07) is 16.4. The van der Waals surface area contributed by atoms with Crippen LogP contribution in [0.2, 0.25) is 0 Å². The summed E-state index contributed by atoms with van der Waals surface area (Å²) < 4.78 is 20.8. The van der Waals surface area contributed by atoms with Crippen molar-refractivity contribution in [2.75, 3.05) is 0 Å². The third kappa shape index (κ3) is 4.45. The molecular weight excluding hydrogens is 327 g/mol. The molecule has 0 amide bonds. The number of thioether (sulfide) groups is 1. The first-order chi connectivity index (χ1) is 11.2. The quantitative estimate of drug-likeness (QED) is 0.341. The lowest BCUT2D eigenvalue weighted by Gasteiger charge is -2.27. The van der Waals surface area contributed by atoms with Crippen LogP contribution in [0.3, 0.4) is 0 Å². The lowest BCUT2D eigenvalue weighted by Crippen LogP contribution is -2.43. The molecule has 0 saturated heterocycles. The van der Waals surface area contributed by atoms with E-state index in [2.05, 4.69) is 0 Å². The summed E-state index contributed by atoms with van der Waals surface area (Å²) in [6.07, 6.45) is 0. The Kier molecular flexibility index (Phi) is 5.44. The molecule has 0 radical (unpaired) electrons. The minimum Gasteiger partial charge on any atom is -0.457 e. The number of halogens is 1. The Labute approximate surface area is 145 Å². The van der Waals surface area contributed by atoms with Gasteiger partial charge in [-0.05, 0) is 32.9 Å². The topological polar surface area (TPSA) is 43.4 Å². The molecule has 0 saturated carbocycles. The number of hydrogen-bond donors (Lipinski definition) is 0. The van der Waals surface area contributed by atoms with Gasteiger partial charge in [0.15, 0.2) is 0 Å². The normalized spacial score (nSPS) is 13.8.